The first kappa shape index (κ1) is 19.1. The predicted molar refractivity (Wildman–Crippen MR) is 94.2 cm³/mol. The average molecular weight is 365 g/mol. The molecule has 0 radical (unpaired) electrons. The van der Waals surface area contributed by atoms with E-state index in [9.17, 15) is 10.2 Å². The Labute approximate surface area is 153 Å². The number of fused-ring (bicyclic) bond motifs is 1. The molecule has 2 saturated heterocycles. The third-order valence-corrected chi connectivity index (χ3v) is 5.51. The fourth-order valence-corrected chi connectivity index (χ4v) is 4.01. The van der Waals surface area contributed by atoms with E-state index in [1.54, 1.807) is 0 Å². The molecule has 0 aliphatic carbocycles. The largest absolute Gasteiger partial charge is 0.493 e. The summed E-state index contributed by atoms with van der Waals surface area (Å²) in [5.41, 5.74) is 2.43. The van der Waals surface area contributed by atoms with Crippen molar-refractivity contribution in [2.75, 3.05) is 26.3 Å². The first-order valence-corrected chi connectivity index (χ1v) is 9.10. The van der Waals surface area contributed by atoms with E-state index < -0.39 is 12.2 Å². The molecule has 7 heteroatoms. The SMILES string of the molecule is O=CO.O[C@@H]1CC2(CCN(Cc3ccc4c(c3)CCO4)CC2)OC[C@@H]1O. The van der Waals surface area contributed by atoms with Crippen LogP contribution in [0.4, 0.5) is 0 Å². The summed E-state index contributed by atoms with van der Waals surface area (Å²) >= 11 is 0. The Kier molecular flexibility index (Phi) is 6.13. The smallest absolute Gasteiger partial charge is 0.290 e. The molecule has 7 nitrogen and oxygen atoms in total. The topological polar surface area (TPSA) is 99.5 Å². The molecule has 0 saturated carbocycles. The van der Waals surface area contributed by atoms with Gasteiger partial charge in [0.15, 0.2) is 0 Å². The number of rotatable bonds is 2. The van der Waals surface area contributed by atoms with Crippen molar-refractivity contribution in [1.29, 1.82) is 0 Å². The van der Waals surface area contributed by atoms with Gasteiger partial charge in [0, 0.05) is 32.5 Å². The van der Waals surface area contributed by atoms with Gasteiger partial charge in [-0.3, -0.25) is 9.69 Å². The maximum Gasteiger partial charge on any atom is 0.290 e. The molecule has 2 atom stereocenters. The molecule has 0 amide bonds. The van der Waals surface area contributed by atoms with Crippen LogP contribution in [0, 0.1) is 0 Å². The Morgan fingerprint density at radius 1 is 1.23 bits per heavy atom. The van der Waals surface area contributed by atoms with Gasteiger partial charge < -0.3 is 24.8 Å². The molecule has 0 unspecified atom stereocenters. The van der Waals surface area contributed by atoms with Gasteiger partial charge in [0.2, 0.25) is 0 Å². The first-order chi connectivity index (χ1) is 12.5. The van der Waals surface area contributed by atoms with Gasteiger partial charge in [0.1, 0.15) is 11.9 Å². The second kappa shape index (κ2) is 8.35. The van der Waals surface area contributed by atoms with E-state index in [1.807, 2.05) is 0 Å². The zero-order valence-electron chi connectivity index (χ0n) is 14.8. The van der Waals surface area contributed by atoms with Crippen molar-refractivity contribution < 1.29 is 29.6 Å². The lowest BCUT2D eigenvalue weighted by atomic mass is 9.82. The fourth-order valence-electron chi connectivity index (χ4n) is 4.01. The summed E-state index contributed by atoms with van der Waals surface area (Å²) in [6.07, 6.45) is 2.04. The number of carbonyl (C=O) groups is 1. The zero-order chi connectivity index (χ0) is 18.6. The summed E-state index contributed by atoms with van der Waals surface area (Å²) < 4.78 is 11.5. The monoisotopic (exact) mass is 365 g/mol. The predicted octanol–water partition coefficient (Wildman–Crippen LogP) is 0.799. The van der Waals surface area contributed by atoms with Crippen molar-refractivity contribution in [2.24, 2.45) is 0 Å². The highest BCUT2D eigenvalue weighted by atomic mass is 16.5. The van der Waals surface area contributed by atoms with E-state index >= 15 is 0 Å². The third kappa shape index (κ3) is 4.35. The number of hydrogen-bond acceptors (Lipinski definition) is 6. The summed E-state index contributed by atoms with van der Waals surface area (Å²) in [5, 5.41) is 26.4. The third-order valence-electron chi connectivity index (χ3n) is 5.51. The lowest BCUT2D eigenvalue weighted by Gasteiger charge is -2.46. The highest BCUT2D eigenvalue weighted by Gasteiger charge is 2.42. The van der Waals surface area contributed by atoms with Crippen LogP contribution in [0.15, 0.2) is 18.2 Å². The van der Waals surface area contributed by atoms with Crippen LogP contribution in [0.5, 0.6) is 5.75 Å². The van der Waals surface area contributed by atoms with Crippen LogP contribution in [-0.4, -0.2) is 70.8 Å². The summed E-state index contributed by atoms with van der Waals surface area (Å²) in [6, 6.07) is 6.51. The van der Waals surface area contributed by atoms with E-state index in [-0.39, 0.29) is 18.7 Å². The quantitative estimate of drug-likeness (QED) is 0.667. The van der Waals surface area contributed by atoms with Gasteiger partial charge in [0.05, 0.1) is 24.9 Å². The van der Waals surface area contributed by atoms with Gasteiger partial charge in [-0.25, -0.2) is 0 Å². The van der Waals surface area contributed by atoms with Crippen LogP contribution < -0.4 is 4.74 Å². The summed E-state index contributed by atoms with van der Waals surface area (Å²) in [7, 11) is 0. The highest BCUT2D eigenvalue weighted by Crippen LogP contribution is 2.35. The Morgan fingerprint density at radius 2 is 1.96 bits per heavy atom. The molecular weight excluding hydrogens is 338 g/mol. The number of ether oxygens (including phenoxy) is 2. The van der Waals surface area contributed by atoms with E-state index in [1.165, 1.54) is 11.1 Å². The summed E-state index contributed by atoms with van der Waals surface area (Å²) in [6.45, 7) is 3.70. The minimum Gasteiger partial charge on any atom is -0.493 e. The standard InChI is InChI=1S/C18H25NO4.CH2O2/c20-15-10-18(23-12-16(15)21)4-6-19(7-5-18)11-13-1-2-17-14(9-13)3-8-22-17;2-1-3/h1-2,9,15-16,20-21H,3-8,10-12H2;1H,(H,2,3)/t15-,16+;/m1./s1. The van der Waals surface area contributed by atoms with Crippen LogP contribution in [0.25, 0.3) is 0 Å². The van der Waals surface area contributed by atoms with Gasteiger partial charge >= 0.3 is 0 Å². The van der Waals surface area contributed by atoms with Crippen molar-refractivity contribution in [1.82, 2.24) is 4.90 Å². The van der Waals surface area contributed by atoms with Crippen molar-refractivity contribution in [3.8, 4) is 5.75 Å². The molecule has 4 rings (SSSR count). The minimum atomic E-state index is -0.729. The Bertz CT molecular complexity index is 614. The van der Waals surface area contributed by atoms with Gasteiger partial charge in [-0.15, -0.1) is 0 Å². The maximum atomic E-state index is 9.93. The number of hydrogen-bond donors (Lipinski definition) is 3. The number of aliphatic hydroxyl groups is 2. The van der Waals surface area contributed by atoms with Crippen molar-refractivity contribution in [3.63, 3.8) is 0 Å². The van der Waals surface area contributed by atoms with Gasteiger partial charge in [-0.2, -0.15) is 0 Å². The fraction of sp³-hybridized carbons (Fsp3) is 0.632. The molecule has 1 spiro atoms. The maximum absolute atomic E-state index is 9.93. The Balaban J connectivity index is 0.000000613. The van der Waals surface area contributed by atoms with Crippen LogP contribution in [0.3, 0.4) is 0 Å². The second-order valence-corrected chi connectivity index (χ2v) is 7.25. The van der Waals surface area contributed by atoms with Gasteiger partial charge in [0.25, 0.3) is 6.47 Å². The Hall–Kier alpha value is -1.67. The molecule has 3 N–H and O–H groups in total. The molecule has 144 valence electrons. The molecule has 1 aromatic rings. The molecule has 0 bridgehead atoms. The summed E-state index contributed by atoms with van der Waals surface area (Å²) in [4.78, 5) is 10.8. The van der Waals surface area contributed by atoms with Crippen molar-refractivity contribution >= 4 is 6.47 Å². The molecule has 2 fully saturated rings. The van der Waals surface area contributed by atoms with E-state index in [4.69, 9.17) is 19.4 Å². The van der Waals surface area contributed by atoms with E-state index in [0.717, 1.165) is 51.3 Å². The molecule has 26 heavy (non-hydrogen) atoms. The zero-order valence-corrected chi connectivity index (χ0v) is 14.8. The van der Waals surface area contributed by atoms with Crippen molar-refractivity contribution in [3.05, 3.63) is 29.3 Å². The molecule has 3 aliphatic heterocycles. The molecule has 3 aliphatic rings. The molecular formula is C19H27NO6. The second-order valence-electron chi connectivity index (χ2n) is 7.25. The normalized spacial score (nSPS) is 27.2. The van der Waals surface area contributed by atoms with E-state index in [2.05, 4.69) is 23.1 Å². The molecule has 1 aromatic carbocycles. The number of piperidine rings is 1. The first-order valence-electron chi connectivity index (χ1n) is 9.10. The van der Waals surface area contributed by atoms with Crippen molar-refractivity contribution in [2.45, 2.75) is 50.0 Å². The summed E-state index contributed by atoms with van der Waals surface area (Å²) in [5.74, 6) is 1.04. The van der Waals surface area contributed by atoms with Crippen LogP contribution in [0.1, 0.15) is 30.4 Å². The lowest BCUT2D eigenvalue weighted by molar-refractivity contribution is -0.188. The minimum absolute atomic E-state index is 0.235. The van der Waals surface area contributed by atoms with Crippen LogP contribution in [-0.2, 0) is 22.5 Å². The van der Waals surface area contributed by atoms with Gasteiger partial charge in [-0.1, -0.05) is 12.1 Å². The number of nitrogens with zero attached hydrogens (tertiary/aromatic N) is 1. The Morgan fingerprint density at radius 3 is 2.65 bits per heavy atom. The molecule has 3 heterocycles. The number of aliphatic hydroxyl groups excluding tert-OH is 2. The number of benzene rings is 1. The molecule has 0 aromatic heterocycles. The van der Waals surface area contributed by atoms with E-state index in [0.29, 0.717) is 6.42 Å². The lowest BCUT2D eigenvalue weighted by Crippen LogP contribution is -2.54. The van der Waals surface area contributed by atoms with Gasteiger partial charge in [-0.05, 0) is 30.0 Å². The van der Waals surface area contributed by atoms with Crippen LogP contribution >= 0.6 is 0 Å². The highest BCUT2D eigenvalue weighted by molar-refractivity contribution is 5.39. The number of likely N-dealkylation sites (tertiary alicyclic amines) is 1. The average Bonchev–Trinajstić information content (AvgIpc) is 3.09. The van der Waals surface area contributed by atoms with Crippen LogP contribution in [0.2, 0.25) is 0 Å². The number of carboxylic acid groups (broad SMARTS) is 1.